The molecule has 2 rings (SSSR count). The van der Waals surface area contributed by atoms with Crippen molar-refractivity contribution in [1.82, 2.24) is 0 Å². The smallest absolute Gasteiger partial charge is 0.306 e. The van der Waals surface area contributed by atoms with E-state index in [0.29, 0.717) is 19.3 Å². The van der Waals surface area contributed by atoms with Crippen LogP contribution in [0, 0.1) is 21.8 Å². The van der Waals surface area contributed by atoms with Gasteiger partial charge in [-0.15, -0.1) is 0 Å². The number of halogens is 2. The molecule has 8 heteroatoms. The van der Waals surface area contributed by atoms with Crippen LogP contribution in [0.15, 0.2) is 16.6 Å². The molecule has 1 saturated carbocycles. The topological polar surface area (TPSA) is 92.5 Å². The standard InChI is InChI=1S/C12H12BrFN2O4/c13-8-4-11(16(19)20)10(5-9(8)14)15-7-2-1-6(3-7)12(17)18/h4-7,15H,1-3H2,(H,17,18)/t6-,7+/m1/s1. The molecule has 0 saturated heterocycles. The Labute approximate surface area is 122 Å². The Bertz CT molecular complexity index is 567. The van der Waals surface area contributed by atoms with Gasteiger partial charge in [-0.05, 0) is 35.2 Å². The van der Waals surface area contributed by atoms with Crippen molar-refractivity contribution in [2.45, 2.75) is 25.3 Å². The van der Waals surface area contributed by atoms with Crippen LogP contribution in [0.4, 0.5) is 15.8 Å². The number of nitrogens with zero attached hydrogens (tertiary/aromatic N) is 1. The summed E-state index contributed by atoms with van der Waals surface area (Å²) in [5.74, 6) is -1.93. The number of benzene rings is 1. The second-order valence-corrected chi connectivity index (χ2v) is 5.58. The Balaban J connectivity index is 2.19. The lowest BCUT2D eigenvalue weighted by molar-refractivity contribution is -0.384. The van der Waals surface area contributed by atoms with Gasteiger partial charge in [0, 0.05) is 18.2 Å². The van der Waals surface area contributed by atoms with Crippen LogP contribution in [-0.4, -0.2) is 22.0 Å². The molecule has 0 spiro atoms. The van der Waals surface area contributed by atoms with Gasteiger partial charge >= 0.3 is 5.97 Å². The SMILES string of the molecule is O=C(O)[C@@H]1CC[C@H](Nc2cc(F)c(Br)cc2[N+](=O)[O-])C1. The van der Waals surface area contributed by atoms with E-state index in [1.807, 2.05) is 0 Å². The highest BCUT2D eigenvalue weighted by Gasteiger charge is 2.31. The van der Waals surface area contributed by atoms with Crippen molar-refractivity contribution < 1.29 is 19.2 Å². The predicted molar refractivity (Wildman–Crippen MR) is 73.1 cm³/mol. The van der Waals surface area contributed by atoms with Crippen molar-refractivity contribution in [2.75, 3.05) is 5.32 Å². The molecule has 6 nitrogen and oxygen atoms in total. The van der Waals surface area contributed by atoms with E-state index in [-0.39, 0.29) is 21.9 Å². The van der Waals surface area contributed by atoms with Gasteiger partial charge in [0.1, 0.15) is 11.5 Å². The largest absolute Gasteiger partial charge is 0.481 e. The number of nitro groups is 1. The molecule has 2 atom stereocenters. The van der Waals surface area contributed by atoms with Crippen molar-refractivity contribution in [3.63, 3.8) is 0 Å². The van der Waals surface area contributed by atoms with Crippen LogP contribution in [0.25, 0.3) is 0 Å². The number of nitrogens with one attached hydrogen (secondary N) is 1. The lowest BCUT2D eigenvalue weighted by Gasteiger charge is -2.14. The first-order valence-corrected chi connectivity index (χ1v) is 6.80. The van der Waals surface area contributed by atoms with Gasteiger partial charge in [0.2, 0.25) is 0 Å². The summed E-state index contributed by atoms with van der Waals surface area (Å²) in [5.41, 5.74) is -0.163. The molecule has 20 heavy (non-hydrogen) atoms. The second-order valence-electron chi connectivity index (χ2n) is 4.73. The minimum atomic E-state index is -0.870. The zero-order valence-corrected chi connectivity index (χ0v) is 11.9. The number of nitro benzene ring substituents is 1. The monoisotopic (exact) mass is 346 g/mol. The zero-order valence-electron chi connectivity index (χ0n) is 10.3. The van der Waals surface area contributed by atoms with Crippen molar-refractivity contribution in [1.29, 1.82) is 0 Å². The molecule has 108 valence electrons. The second kappa shape index (κ2) is 5.74. The van der Waals surface area contributed by atoms with Gasteiger partial charge in [-0.3, -0.25) is 14.9 Å². The van der Waals surface area contributed by atoms with Gasteiger partial charge in [0.05, 0.1) is 15.3 Å². The van der Waals surface area contributed by atoms with E-state index in [0.717, 1.165) is 12.1 Å². The number of aliphatic carboxylic acids is 1. The molecular weight excluding hydrogens is 335 g/mol. The zero-order chi connectivity index (χ0) is 14.9. The number of carbonyl (C=O) groups is 1. The molecular formula is C12H12BrFN2O4. The minimum absolute atomic E-state index is 0.0181. The molecule has 0 bridgehead atoms. The maximum Gasteiger partial charge on any atom is 0.306 e. The Hall–Kier alpha value is -1.70. The summed E-state index contributed by atoms with van der Waals surface area (Å²) in [6.45, 7) is 0. The number of carboxylic acid groups (broad SMARTS) is 1. The molecule has 1 aliphatic carbocycles. The Morgan fingerprint density at radius 3 is 2.75 bits per heavy atom. The van der Waals surface area contributed by atoms with Crippen LogP contribution in [0.5, 0.6) is 0 Å². The number of hydrogen-bond donors (Lipinski definition) is 2. The van der Waals surface area contributed by atoms with Gasteiger partial charge in [-0.2, -0.15) is 0 Å². The molecule has 1 aromatic rings. The third kappa shape index (κ3) is 3.06. The summed E-state index contributed by atoms with van der Waals surface area (Å²) in [7, 11) is 0. The molecule has 0 radical (unpaired) electrons. The van der Waals surface area contributed by atoms with Gasteiger partial charge in [-0.25, -0.2) is 4.39 Å². The Morgan fingerprint density at radius 1 is 1.50 bits per heavy atom. The fourth-order valence-electron chi connectivity index (χ4n) is 2.36. The summed E-state index contributed by atoms with van der Waals surface area (Å²) in [6.07, 6.45) is 1.48. The summed E-state index contributed by atoms with van der Waals surface area (Å²) in [5, 5.41) is 22.8. The normalized spacial score (nSPS) is 21.7. The lowest BCUT2D eigenvalue weighted by Crippen LogP contribution is -2.18. The first-order chi connectivity index (χ1) is 9.38. The first-order valence-electron chi connectivity index (χ1n) is 6.01. The average molecular weight is 347 g/mol. The van der Waals surface area contributed by atoms with E-state index in [1.54, 1.807) is 0 Å². The summed E-state index contributed by atoms with van der Waals surface area (Å²) < 4.78 is 13.5. The molecule has 0 heterocycles. The van der Waals surface area contributed by atoms with E-state index < -0.39 is 22.6 Å². The van der Waals surface area contributed by atoms with E-state index in [2.05, 4.69) is 21.2 Å². The fourth-order valence-corrected chi connectivity index (χ4v) is 2.69. The molecule has 1 fully saturated rings. The van der Waals surface area contributed by atoms with Crippen molar-refractivity contribution in [2.24, 2.45) is 5.92 Å². The summed E-state index contributed by atoms with van der Waals surface area (Å²) in [4.78, 5) is 21.2. The van der Waals surface area contributed by atoms with Crippen LogP contribution in [0.3, 0.4) is 0 Å². The Morgan fingerprint density at radius 2 is 2.20 bits per heavy atom. The van der Waals surface area contributed by atoms with Crippen LogP contribution in [0.2, 0.25) is 0 Å². The first kappa shape index (κ1) is 14.7. The van der Waals surface area contributed by atoms with E-state index in [1.165, 1.54) is 0 Å². The molecule has 2 N–H and O–H groups in total. The van der Waals surface area contributed by atoms with Gasteiger partial charge in [0.25, 0.3) is 5.69 Å². The molecule has 0 amide bonds. The van der Waals surface area contributed by atoms with Gasteiger partial charge in [-0.1, -0.05) is 0 Å². The number of hydrogen-bond acceptors (Lipinski definition) is 4. The predicted octanol–water partition coefficient (Wildman–Crippen LogP) is 3.16. The number of carboxylic acids is 1. The quantitative estimate of drug-likeness (QED) is 0.645. The highest BCUT2D eigenvalue weighted by atomic mass is 79.9. The van der Waals surface area contributed by atoms with Crippen LogP contribution in [-0.2, 0) is 4.79 Å². The molecule has 1 aromatic carbocycles. The van der Waals surface area contributed by atoms with E-state index >= 15 is 0 Å². The molecule has 0 unspecified atom stereocenters. The lowest BCUT2D eigenvalue weighted by atomic mass is 10.1. The van der Waals surface area contributed by atoms with Crippen LogP contribution < -0.4 is 5.32 Å². The van der Waals surface area contributed by atoms with Crippen LogP contribution in [0.1, 0.15) is 19.3 Å². The van der Waals surface area contributed by atoms with E-state index in [9.17, 15) is 19.3 Å². The van der Waals surface area contributed by atoms with Gasteiger partial charge < -0.3 is 10.4 Å². The minimum Gasteiger partial charge on any atom is -0.481 e. The van der Waals surface area contributed by atoms with Crippen molar-refractivity contribution >= 4 is 33.3 Å². The summed E-state index contributed by atoms with van der Waals surface area (Å²) in [6, 6.07) is 1.95. The highest BCUT2D eigenvalue weighted by molar-refractivity contribution is 9.10. The molecule has 0 aromatic heterocycles. The van der Waals surface area contributed by atoms with E-state index in [4.69, 9.17) is 5.11 Å². The average Bonchev–Trinajstić information content (AvgIpc) is 2.82. The fraction of sp³-hybridized carbons (Fsp3) is 0.417. The van der Waals surface area contributed by atoms with Crippen molar-refractivity contribution in [3.05, 3.63) is 32.5 Å². The molecule has 1 aliphatic rings. The highest BCUT2D eigenvalue weighted by Crippen LogP contribution is 2.34. The third-order valence-corrected chi connectivity index (χ3v) is 3.98. The van der Waals surface area contributed by atoms with Crippen LogP contribution >= 0.6 is 15.9 Å². The maximum absolute atomic E-state index is 13.5. The Kier molecular flexibility index (Phi) is 4.22. The maximum atomic E-state index is 13.5. The third-order valence-electron chi connectivity index (χ3n) is 3.38. The van der Waals surface area contributed by atoms with Gasteiger partial charge in [0.15, 0.2) is 0 Å². The molecule has 0 aliphatic heterocycles. The number of anilines is 1. The summed E-state index contributed by atoms with van der Waals surface area (Å²) >= 11 is 2.90. The van der Waals surface area contributed by atoms with Crippen molar-refractivity contribution in [3.8, 4) is 0 Å². The number of rotatable bonds is 4.